The van der Waals surface area contributed by atoms with E-state index in [1.807, 2.05) is 17.0 Å². The maximum Gasteiger partial charge on any atom is 0.241 e. The molecule has 0 bridgehead atoms. The van der Waals surface area contributed by atoms with Gasteiger partial charge in [-0.15, -0.1) is 0 Å². The summed E-state index contributed by atoms with van der Waals surface area (Å²) < 4.78 is 13.9. The summed E-state index contributed by atoms with van der Waals surface area (Å²) in [7, 11) is 0. The van der Waals surface area contributed by atoms with Crippen LogP contribution in [0.2, 0.25) is 0 Å². The van der Waals surface area contributed by atoms with Crippen molar-refractivity contribution in [2.24, 2.45) is 0 Å². The molecule has 0 atom stereocenters. The van der Waals surface area contributed by atoms with E-state index in [1.165, 1.54) is 13.0 Å². The van der Waals surface area contributed by atoms with Gasteiger partial charge >= 0.3 is 0 Å². The van der Waals surface area contributed by atoms with Gasteiger partial charge in [-0.1, -0.05) is 24.3 Å². The van der Waals surface area contributed by atoms with E-state index in [4.69, 9.17) is 0 Å². The summed E-state index contributed by atoms with van der Waals surface area (Å²) in [6, 6.07) is 13.8. The van der Waals surface area contributed by atoms with Crippen LogP contribution in [0, 0.1) is 5.82 Å². The van der Waals surface area contributed by atoms with Crippen LogP contribution in [-0.4, -0.2) is 49.3 Å². The molecule has 1 fully saturated rings. The van der Waals surface area contributed by atoms with Crippen LogP contribution >= 0.6 is 0 Å². The highest BCUT2D eigenvalue weighted by Gasteiger charge is 2.22. The van der Waals surface area contributed by atoms with Gasteiger partial charge in [0.25, 0.3) is 0 Å². The van der Waals surface area contributed by atoms with Crippen molar-refractivity contribution in [3.63, 3.8) is 0 Å². The highest BCUT2D eigenvalue weighted by atomic mass is 19.1. The van der Waals surface area contributed by atoms with Crippen LogP contribution in [-0.2, 0) is 4.79 Å². The average Bonchev–Trinajstić information content (AvgIpc) is 2.67. The maximum atomic E-state index is 13.9. The van der Waals surface area contributed by atoms with Crippen LogP contribution in [0.15, 0.2) is 48.5 Å². The van der Waals surface area contributed by atoms with Crippen molar-refractivity contribution in [2.45, 2.75) is 6.92 Å². The van der Waals surface area contributed by atoms with E-state index in [9.17, 15) is 14.0 Å². The maximum absolute atomic E-state index is 13.9. The molecule has 1 saturated heterocycles. The number of carbonyl (C=O) groups excluding carboxylic acids is 2. The molecule has 1 aliphatic rings. The molecule has 2 aromatic carbocycles. The lowest BCUT2D eigenvalue weighted by molar-refractivity contribution is -0.129. The molecule has 136 valence electrons. The molecular weight excluding hydrogens is 333 g/mol. The van der Waals surface area contributed by atoms with Gasteiger partial charge in [0.05, 0.1) is 12.2 Å². The van der Waals surface area contributed by atoms with Gasteiger partial charge in [0.15, 0.2) is 5.78 Å². The lowest BCUT2D eigenvalue weighted by Gasteiger charge is -2.36. The molecule has 0 saturated carbocycles. The molecule has 6 heteroatoms. The molecule has 1 aliphatic heterocycles. The summed E-state index contributed by atoms with van der Waals surface area (Å²) in [5.74, 6) is -0.255. The third-order valence-electron chi connectivity index (χ3n) is 4.54. The second-order valence-electron chi connectivity index (χ2n) is 6.31. The minimum atomic E-state index is -0.237. The smallest absolute Gasteiger partial charge is 0.241 e. The van der Waals surface area contributed by atoms with Crippen LogP contribution in [0.5, 0.6) is 0 Å². The lowest BCUT2D eigenvalue weighted by atomic mass is 10.1. The summed E-state index contributed by atoms with van der Waals surface area (Å²) in [6.45, 7) is 4.00. The minimum Gasteiger partial charge on any atom is -0.376 e. The Morgan fingerprint density at radius 2 is 1.77 bits per heavy atom. The highest BCUT2D eigenvalue weighted by molar-refractivity contribution is 5.95. The Hall–Kier alpha value is -2.89. The third kappa shape index (κ3) is 4.20. The molecule has 3 rings (SSSR count). The van der Waals surface area contributed by atoms with Crippen molar-refractivity contribution in [3.05, 3.63) is 59.9 Å². The molecule has 0 spiro atoms. The van der Waals surface area contributed by atoms with Crippen LogP contribution in [0.25, 0.3) is 0 Å². The molecule has 5 nitrogen and oxygen atoms in total. The average molecular weight is 355 g/mol. The van der Waals surface area contributed by atoms with E-state index < -0.39 is 0 Å². The van der Waals surface area contributed by atoms with Gasteiger partial charge < -0.3 is 15.1 Å². The van der Waals surface area contributed by atoms with E-state index in [-0.39, 0.29) is 24.1 Å². The summed E-state index contributed by atoms with van der Waals surface area (Å²) in [5, 5.41) is 3.07. The number of nitrogens with one attached hydrogen (secondary N) is 1. The summed E-state index contributed by atoms with van der Waals surface area (Å²) in [5.41, 5.74) is 1.94. The zero-order valence-corrected chi connectivity index (χ0v) is 14.7. The largest absolute Gasteiger partial charge is 0.376 e. The number of piperazine rings is 1. The number of benzene rings is 2. The Balaban J connectivity index is 1.52. The van der Waals surface area contributed by atoms with Crippen LogP contribution < -0.4 is 10.2 Å². The fourth-order valence-electron chi connectivity index (χ4n) is 3.04. The number of rotatable bonds is 5. The third-order valence-corrected chi connectivity index (χ3v) is 4.54. The first kappa shape index (κ1) is 17.9. The number of carbonyl (C=O) groups is 2. The first-order valence-electron chi connectivity index (χ1n) is 8.67. The van der Waals surface area contributed by atoms with Crippen LogP contribution in [0.1, 0.15) is 17.3 Å². The molecule has 1 N–H and O–H groups in total. The highest BCUT2D eigenvalue weighted by Crippen LogP contribution is 2.20. The fraction of sp³-hybridized carbons (Fsp3) is 0.300. The molecule has 1 heterocycles. The van der Waals surface area contributed by atoms with E-state index in [2.05, 4.69) is 5.32 Å². The van der Waals surface area contributed by atoms with Crippen LogP contribution in [0.4, 0.5) is 15.8 Å². The second kappa shape index (κ2) is 7.99. The zero-order chi connectivity index (χ0) is 18.5. The van der Waals surface area contributed by atoms with Crippen LogP contribution in [0.3, 0.4) is 0 Å². The van der Waals surface area contributed by atoms with Gasteiger partial charge in [-0.25, -0.2) is 4.39 Å². The lowest BCUT2D eigenvalue weighted by Crippen LogP contribution is -2.50. The molecule has 1 amide bonds. The van der Waals surface area contributed by atoms with Gasteiger partial charge in [0, 0.05) is 37.4 Å². The van der Waals surface area contributed by atoms with E-state index in [1.54, 1.807) is 35.2 Å². The van der Waals surface area contributed by atoms with Crippen molar-refractivity contribution in [1.82, 2.24) is 4.90 Å². The number of halogens is 1. The Labute approximate surface area is 152 Å². The van der Waals surface area contributed by atoms with E-state index in [0.29, 0.717) is 37.4 Å². The summed E-state index contributed by atoms with van der Waals surface area (Å²) in [4.78, 5) is 27.6. The molecular formula is C20H22FN3O2. The molecule has 26 heavy (non-hydrogen) atoms. The van der Waals surface area contributed by atoms with Crippen molar-refractivity contribution < 1.29 is 14.0 Å². The number of hydrogen-bond acceptors (Lipinski definition) is 4. The van der Waals surface area contributed by atoms with E-state index >= 15 is 0 Å². The fourth-order valence-corrected chi connectivity index (χ4v) is 3.04. The number of anilines is 2. The molecule has 2 aromatic rings. The molecule has 0 aliphatic carbocycles. The Bertz CT molecular complexity index is 801. The normalized spacial score (nSPS) is 14.2. The predicted molar refractivity (Wildman–Crippen MR) is 100 cm³/mol. The number of para-hydroxylation sites is 1. The first-order valence-corrected chi connectivity index (χ1v) is 8.67. The first-order chi connectivity index (χ1) is 12.5. The number of hydrogen-bond donors (Lipinski definition) is 1. The number of nitrogens with zero attached hydrogens (tertiary/aromatic N) is 2. The van der Waals surface area contributed by atoms with Gasteiger partial charge in [-0.2, -0.15) is 0 Å². The zero-order valence-electron chi connectivity index (χ0n) is 14.7. The van der Waals surface area contributed by atoms with Gasteiger partial charge in [-0.3, -0.25) is 9.59 Å². The van der Waals surface area contributed by atoms with Gasteiger partial charge in [0.1, 0.15) is 5.82 Å². The molecule has 0 unspecified atom stereocenters. The Kier molecular flexibility index (Phi) is 5.51. The Morgan fingerprint density at radius 1 is 1.04 bits per heavy atom. The standard InChI is InChI=1S/C20H22FN3O2/c1-15(25)16-5-4-6-17(13-16)22-14-20(26)24-11-9-23(10-12-24)19-8-3-2-7-18(19)21/h2-8,13,22H,9-12,14H2,1H3. The number of ketones is 1. The quantitative estimate of drug-likeness (QED) is 0.838. The molecule has 0 radical (unpaired) electrons. The van der Waals surface area contributed by atoms with Crippen molar-refractivity contribution in [2.75, 3.05) is 42.9 Å². The van der Waals surface area contributed by atoms with Crippen molar-refractivity contribution >= 4 is 23.1 Å². The predicted octanol–water partition coefficient (Wildman–Crippen LogP) is 2.79. The summed E-state index contributed by atoms with van der Waals surface area (Å²) in [6.07, 6.45) is 0. The van der Waals surface area contributed by atoms with Crippen molar-refractivity contribution in [3.8, 4) is 0 Å². The van der Waals surface area contributed by atoms with E-state index in [0.717, 1.165) is 5.69 Å². The van der Waals surface area contributed by atoms with Gasteiger partial charge in [0.2, 0.25) is 5.91 Å². The second-order valence-corrected chi connectivity index (χ2v) is 6.31. The van der Waals surface area contributed by atoms with Gasteiger partial charge in [-0.05, 0) is 31.2 Å². The number of Topliss-reactive ketones (excluding diaryl/α,β-unsaturated/α-hetero) is 1. The Morgan fingerprint density at radius 3 is 2.46 bits per heavy atom. The topological polar surface area (TPSA) is 52.7 Å². The monoisotopic (exact) mass is 355 g/mol. The number of amides is 1. The SMILES string of the molecule is CC(=O)c1cccc(NCC(=O)N2CCN(c3ccccc3F)CC2)c1. The minimum absolute atomic E-state index is 0.00795. The molecule has 0 aromatic heterocycles. The summed E-state index contributed by atoms with van der Waals surface area (Å²) >= 11 is 0. The van der Waals surface area contributed by atoms with Crippen molar-refractivity contribution in [1.29, 1.82) is 0 Å².